The molecule has 30 heavy (non-hydrogen) atoms. The van der Waals surface area contributed by atoms with Gasteiger partial charge in [0.25, 0.3) is 11.5 Å². The molecule has 1 amide bonds. The van der Waals surface area contributed by atoms with E-state index >= 15 is 0 Å². The van der Waals surface area contributed by atoms with E-state index in [-0.39, 0.29) is 18.0 Å². The van der Waals surface area contributed by atoms with Gasteiger partial charge in [-0.25, -0.2) is 4.98 Å². The molecule has 1 aliphatic rings. The van der Waals surface area contributed by atoms with Crippen molar-refractivity contribution in [1.29, 1.82) is 0 Å². The van der Waals surface area contributed by atoms with Crippen molar-refractivity contribution in [3.63, 3.8) is 0 Å². The van der Waals surface area contributed by atoms with E-state index in [1.165, 1.54) is 10.6 Å². The standard InChI is InChI=1S/C21H20ClN5O3/c1-26-19(28)12-17(14-6-8-23-9-7-14)25-21(26)27-10-11-30-18(13-27)20(29)24-16-4-2-15(22)3-5-16/h2-9,12,18H,10-11,13H2,1H3,(H,24,29). The topological polar surface area (TPSA) is 89.3 Å². The van der Waals surface area contributed by atoms with Gasteiger partial charge in [0.15, 0.2) is 6.10 Å². The number of nitrogens with one attached hydrogen (secondary N) is 1. The molecule has 3 heterocycles. The molecule has 3 aromatic rings. The quantitative estimate of drug-likeness (QED) is 0.690. The number of ether oxygens (including phenoxy) is 1. The molecular weight excluding hydrogens is 406 g/mol. The average molecular weight is 426 g/mol. The van der Waals surface area contributed by atoms with Crippen molar-refractivity contribution in [2.75, 3.05) is 29.9 Å². The van der Waals surface area contributed by atoms with E-state index in [9.17, 15) is 9.59 Å². The van der Waals surface area contributed by atoms with Crippen LogP contribution in [0.5, 0.6) is 0 Å². The van der Waals surface area contributed by atoms with Gasteiger partial charge in [-0.1, -0.05) is 11.6 Å². The summed E-state index contributed by atoms with van der Waals surface area (Å²) in [7, 11) is 1.67. The number of nitrogens with zero attached hydrogens (tertiary/aromatic N) is 4. The van der Waals surface area contributed by atoms with Crippen LogP contribution in [0.15, 0.2) is 59.7 Å². The predicted molar refractivity (Wildman–Crippen MR) is 115 cm³/mol. The number of carbonyl (C=O) groups is 1. The Bertz CT molecular complexity index is 1100. The summed E-state index contributed by atoms with van der Waals surface area (Å²) in [5.41, 5.74) is 1.81. The Morgan fingerprint density at radius 1 is 1.20 bits per heavy atom. The summed E-state index contributed by atoms with van der Waals surface area (Å²) in [6.45, 7) is 1.14. The number of amides is 1. The van der Waals surface area contributed by atoms with Gasteiger partial charge in [-0.2, -0.15) is 0 Å². The zero-order valence-electron chi connectivity index (χ0n) is 16.3. The van der Waals surface area contributed by atoms with Crippen LogP contribution in [0.3, 0.4) is 0 Å². The summed E-state index contributed by atoms with van der Waals surface area (Å²) >= 11 is 5.89. The molecule has 4 rings (SSSR count). The molecule has 1 fully saturated rings. The summed E-state index contributed by atoms with van der Waals surface area (Å²) in [6, 6.07) is 11.9. The predicted octanol–water partition coefficient (Wildman–Crippen LogP) is 2.34. The molecule has 1 aliphatic heterocycles. The van der Waals surface area contributed by atoms with Crippen LogP contribution in [0.4, 0.5) is 11.6 Å². The summed E-state index contributed by atoms with van der Waals surface area (Å²) in [6.07, 6.45) is 2.61. The van der Waals surface area contributed by atoms with Gasteiger partial charge in [0, 0.05) is 48.3 Å². The van der Waals surface area contributed by atoms with Gasteiger partial charge in [-0.15, -0.1) is 0 Å². The largest absolute Gasteiger partial charge is 0.365 e. The third-order valence-electron chi connectivity index (χ3n) is 4.84. The zero-order valence-corrected chi connectivity index (χ0v) is 17.0. The van der Waals surface area contributed by atoms with E-state index < -0.39 is 6.10 Å². The first-order chi connectivity index (χ1) is 14.5. The number of anilines is 2. The third kappa shape index (κ3) is 4.34. The number of morpholine rings is 1. The van der Waals surface area contributed by atoms with E-state index in [0.717, 1.165) is 5.56 Å². The lowest BCUT2D eigenvalue weighted by Crippen LogP contribution is -2.49. The molecule has 9 heteroatoms. The number of hydrogen-bond acceptors (Lipinski definition) is 6. The molecule has 1 N–H and O–H groups in total. The number of hydrogen-bond donors (Lipinski definition) is 1. The molecule has 0 spiro atoms. The molecule has 0 bridgehead atoms. The number of pyridine rings is 1. The Morgan fingerprint density at radius 2 is 1.93 bits per heavy atom. The van der Waals surface area contributed by atoms with Gasteiger partial charge < -0.3 is 15.0 Å². The first-order valence-electron chi connectivity index (χ1n) is 9.43. The van der Waals surface area contributed by atoms with Crippen molar-refractivity contribution in [3.05, 3.63) is 70.2 Å². The van der Waals surface area contributed by atoms with Crippen molar-refractivity contribution in [2.45, 2.75) is 6.10 Å². The number of aromatic nitrogens is 3. The van der Waals surface area contributed by atoms with Gasteiger partial charge in [-0.3, -0.25) is 19.1 Å². The fourth-order valence-electron chi connectivity index (χ4n) is 3.23. The highest BCUT2D eigenvalue weighted by atomic mass is 35.5. The van der Waals surface area contributed by atoms with E-state index in [0.29, 0.717) is 35.5 Å². The van der Waals surface area contributed by atoms with Crippen LogP contribution in [-0.4, -0.2) is 46.2 Å². The molecule has 2 aromatic heterocycles. The van der Waals surface area contributed by atoms with Crippen LogP contribution in [0, 0.1) is 0 Å². The molecule has 8 nitrogen and oxygen atoms in total. The summed E-state index contributed by atoms with van der Waals surface area (Å²) < 4.78 is 7.15. The van der Waals surface area contributed by atoms with E-state index in [4.69, 9.17) is 16.3 Å². The van der Waals surface area contributed by atoms with Crippen LogP contribution >= 0.6 is 11.6 Å². The second-order valence-corrected chi connectivity index (χ2v) is 7.31. The first-order valence-corrected chi connectivity index (χ1v) is 9.80. The molecule has 1 atom stereocenters. The number of carbonyl (C=O) groups excluding carboxylic acids is 1. The summed E-state index contributed by atoms with van der Waals surface area (Å²) in [4.78, 5) is 35.8. The number of rotatable bonds is 4. The number of benzene rings is 1. The molecule has 1 unspecified atom stereocenters. The molecule has 154 valence electrons. The van der Waals surface area contributed by atoms with Gasteiger partial charge in [-0.05, 0) is 36.4 Å². The van der Waals surface area contributed by atoms with E-state index in [1.54, 1.807) is 55.8 Å². The van der Waals surface area contributed by atoms with Gasteiger partial charge in [0.2, 0.25) is 5.95 Å². The maximum absolute atomic E-state index is 12.7. The highest BCUT2D eigenvalue weighted by Gasteiger charge is 2.29. The Morgan fingerprint density at radius 3 is 2.67 bits per heavy atom. The lowest BCUT2D eigenvalue weighted by Gasteiger charge is -2.33. The molecule has 0 radical (unpaired) electrons. The van der Waals surface area contributed by atoms with Gasteiger partial charge in [0.1, 0.15) is 0 Å². The van der Waals surface area contributed by atoms with Crippen molar-refractivity contribution in [1.82, 2.24) is 14.5 Å². The molecular formula is C21H20ClN5O3. The maximum Gasteiger partial charge on any atom is 0.255 e. The molecule has 0 aliphatic carbocycles. The van der Waals surface area contributed by atoms with Crippen molar-refractivity contribution < 1.29 is 9.53 Å². The number of halogens is 1. The minimum atomic E-state index is -0.698. The van der Waals surface area contributed by atoms with Gasteiger partial charge >= 0.3 is 0 Å². The SMILES string of the molecule is Cn1c(N2CCOC(C(=O)Nc3ccc(Cl)cc3)C2)nc(-c2ccncc2)cc1=O. The molecule has 1 saturated heterocycles. The monoisotopic (exact) mass is 425 g/mol. The van der Waals surface area contributed by atoms with Gasteiger partial charge in [0.05, 0.1) is 18.8 Å². The third-order valence-corrected chi connectivity index (χ3v) is 5.09. The molecule has 1 aromatic carbocycles. The van der Waals surface area contributed by atoms with Crippen LogP contribution in [0.2, 0.25) is 5.02 Å². The van der Waals surface area contributed by atoms with Crippen LogP contribution < -0.4 is 15.8 Å². The van der Waals surface area contributed by atoms with E-state index in [2.05, 4.69) is 15.3 Å². The van der Waals surface area contributed by atoms with Crippen molar-refractivity contribution in [2.24, 2.45) is 7.05 Å². The summed E-state index contributed by atoms with van der Waals surface area (Å²) in [5.74, 6) is 0.221. The molecule has 0 saturated carbocycles. The minimum Gasteiger partial charge on any atom is -0.365 e. The normalized spacial score (nSPS) is 16.3. The first kappa shape index (κ1) is 20.1. The average Bonchev–Trinajstić information content (AvgIpc) is 2.78. The summed E-state index contributed by atoms with van der Waals surface area (Å²) in [5, 5.41) is 3.42. The van der Waals surface area contributed by atoms with Crippen LogP contribution in [-0.2, 0) is 16.6 Å². The second kappa shape index (κ2) is 8.64. The fourth-order valence-corrected chi connectivity index (χ4v) is 3.35. The van der Waals surface area contributed by atoms with Crippen molar-refractivity contribution in [3.8, 4) is 11.3 Å². The second-order valence-electron chi connectivity index (χ2n) is 6.88. The Labute approximate surface area is 178 Å². The zero-order chi connectivity index (χ0) is 21.1. The Kier molecular flexibility index (Phi) is 5.78. The highest BCUT2D eigenvalue weighted by molar-refractivity contribution is 6.30. The minimum absolute atomic E-state index is 0.180. The van der Waals surface area contributed by atoms with Crippen molar-refractivity contribution >= 4 is 29.1 Å². The Hall–Kier alpha value is -3.23. The van der Waals surface area contributed by atoms with Crippen LogP contribution in [0.25, 0.3) is 11.3 Å². The lowest BCUT2D eigenvalue weighted by atomic mass is 10.2. The lowest BCUT2D eigenvalue weighted by molar-refractivity contribution is -0.128. The van der Waals surface area contributed by atoms with E-state index in [1.807, 2.05) is 4.90 Å². The smallest absolute Gasteiger partial charge is 0.255 e. The Balaban J connectivity index is 1.55. The fraction of sp³-hybridized carbons (Fsp3) is 0.238. The van der Waals surface area contributed by atoms with Crippen LogP contribution in [0.1, 0.15) is 0 Å². The maximum atomic E-state index is 12.7. The highest BCUT2D eigenvalue weighted by Crippen LogP contribution is 2.20.